The van der Waals surface area contributed by atoms with Gasteiger partial charge < -0.3 is 42.7 Å². The lowest BCUT2D eigenvalue weighted by Gasteiger charge is -2.24. The molecule has 198 valence electrons. The summed E-state index contributed by atoms with van der Waals surface area (Å²) in [6.45, 7) is 1.36. The third kappa shape index (κ3) is 10.8. The molecule has 0 saturated heterocycles. The molecule has 0 fully saturated rings. The van der Waals surface area contributed by atoms with Gasteiger partial charge in [-0.3, -0.25) is 24.0 Å². The van der Waals surface area contributed by atoms with Gasteiger partial charge in [-0.05, 0) is 37.5 Å². The van der Waals surface area contributed by atoms with Crippen molar-refractivity contribution in [1.29, 1.82) is 0 Å². The first-order valence-electron chi connectivity index (χ1n) is 11.0. The molecule has 4 amide bonds. The number of phenolic OH excluding ortho intramolecular Hbond substituents is 1. The Balaban J connectivity index is 3.05. The van der Waals surface area contributed by atoms with Crippen LogP contribution in [0.4, 0.5) is 0 Å². The van der Waals surface area contributed by atoms with Gasteiger partial charge in [0.1, 0.15) is 23.9 Å². The maximum absolute atomic E-state index is 12.9. The molecule has 36 heavy (non-hydrogen) atoms. The topological polar surface area (TPSA) is 251 Å². The third-order valence-electron chi connectivity index (χ3n) is 5.00. The minimum absolute atomic E-state index is 0.0342. The molecule has 4 unspecified atom stereocenters. The molecule has 0 spiro atoms. The van der Waals surface area contributed by atoms with Crippen molar-refractivity contribution >= 4 is 35.6 Å². The number of aliphatic carboxylic acids is 2. The SMILES string of the molecule is CC(N)C(=O)NC(CCC(N)=O)C(=O)NC(CCC(=O)O)C(=O)NC(Cc1ccc(O)cc1)C(=O)O. The Labute approximate surface area is 206 Å². The second kappa shape index (κ2) is 14.3. The van der Waals surface area contributed by atoms with Crippen LogP contribution in [-0.4, -0.2) is 75.1 Å². The Morgan fingerprint density at radius 3 is 1.72 bits per heavy atom. The largest absolute Gasteiger partial charge is 0.508 e. The molecule has 0 saturated carbocycles. The fourth-order valence-electron chi connectivity index (χ4n) is 3.01. The van der Waals surface area contributed by atoms with Gasteiger partial charge in [-0.1, -0.05) is 12.1 Å². The van der Waals surface area contributed by atoms with Crippen molar-refractivity contribution < 1.29 is 44.1 Å². The van der Waals surface area contributed by atoms with Crippen LogP contribution in [0.25, 0.3) is 0 Å². The molecule has 4 atom stereocenters. The first-order chi connectivity index (χ1) is 16.8. The van der Waals surface area contributed by atoms with Crippen molar-refractivity contribution in [2.75, 3.05) is 0 Å². The van der Waals surface area contributed by atoms with Gasteiger partial charge in [0.05, 0.1) is 6.04 Å². The Morgan fingerprint density at radius 2 is 1.28 bits per heavy atom. The minimum Gasteiger partial charge on any atom is -0.508 e. The summed E-state index contributed by atoms with van der Waals surface area (Å²) in [6, 6.07) is 0.397. The van der Waals surface area contributed by atoms with E-state index in [9.17, 15) is 39.0 Å². The number of carbonyl (C=O) groups excluding carboxylic acids is 4. The molecular weight excluding hydrogens is 478 g/mol. The van der Waals surface area contributed by atoms with Crippen molar-refractivity contribution in [1.82, 2.24) is 16.0 Å². The van der Waals surface area contributed by atoms with Crippen LogP contribution >= 0.6 is 0 Å². The zero-order valence-corrected chi connectivity index (χ0v) is 19.6. The number of hydrogen-bond acceptors (Lipinski definition) is 8. The lowest BCUT2D eigenvalue weighted by molar-refractivity contribution is -0.143. The van der Waals surface area contributed by atoms with Crippen LogP contribution in [0.1, 0.15) is 38.2 Å². The van der Waals surface area contributed by atoms with Crippen LogP contribution in [0.5, 0.6) is 5.75 Å². The number of phenols is 1. The molecule has 0 radical (unpaired) electrons. The van der Waals surface area contributed by atoms with Gasteiger partial charge in [-0.15, -0.1) is 0 Å². The number of hydrogen-bond donors (Lipinski definition) is 8. The maximum Gasteiger partial charge on any atom is 0.326 e. The average molecular weight is 510 g/mol. The van der Waals surface area contributed by atoms with E-state index in [1.807, 2.05) is 0 Å². The highest BCUT2D eigenvalue weighted by Gasteiger charge is 2.30. The molecule has 0 aliphatic rings. The van der Waals surface area contributed by atoms with Gasteiger partial charge in [0.15, 0.2) is 0 Å². The second-order valence-corrected chi connectivity index (χ2v) is 8.12. The van der Waals surface area contributed by atoms with E-state index in [1.54, 1.807) is 0 Å². The van der Waals surface area contributed by atoms with Gasteiger partial charge in [-0.2, -0.15) is 0 Å². The standard InChI is InChI=1S/C22H31N5O9/c1-11(23)19(32)25-14(6-8-17(24)29)20(33)26-15(7-9-18(30)31)21(34)27-16(22(35)36)10-12-2-4-13(28)5-3-12/h2-5,11,14-16,28H,6-10,23H2,1H3,(H2,24,29)(H,25,32)(H,26,33)(H,27,34)(H,30,31)(H,35,36). The van der Waals surface area contributed by atoms with Crippen LogP contribution in [0, 0.1) is 0 Å². The Bertz CT molecular complexity index is 965. The Hall–Kier alpha value is -4.20. The summed E-state index contributed by atoms with van der Waals surface area (Å²) >= 11 is 0. The quantitative estimate of drug-likeness (QED) is 0.128. The highest BCUT2D eigenvalue weighted by atomic mass is 16.4. The molecule has 0 aliphatic carbocycles. The number of nitrogens with one attached hydrogen (secondary N) is 3. The summed E-state index contributed by atoms with van der Waals surface area (Å²) < 4.78 is 0. The van der Waals surface area contributed by atoms with Gasteiger partial charge in [-0.25, -0.2) is 4.79 Å². The lowest BCUT2D eigenvalue weighted by atomic mass is 10.0. The number of benzene rings is 1. The fourth-order valence-corrected chi connectivity index (χ4v) is 3.01. The van der Waals surface area contributed by atoms with Gasteiger partial charge >= 0.3 is 11.9 Å². The number of amides is 4. The molecule has 10 N–H and O–H groups in total. The molecule has 14 nitrogen and oxygen atoms in total. The number of carboxylic acids is 2. The van der Waals surface area contributed by atoms with Crippen LogP contribution in [0.15, 0.2) is 24.3 Å². The number of nitrogens with two attached hydrogens (primary N) is 2. The number of aromatic hydroxyl groups is 1. The predicted molar refractivity (Wildman–Crippen MR) is 124 cm³/mol. The Morgan fingerprint density at radius 1 is 0.806 bits per heavy atom. The first kappa shape index (κ1) is 29.8. The van der Waals surface area contributed by atoms with E-state index < -0.39 is 66.2 Å². The zero-order valence-electron chi connectivity index (χ0n) is 19.6. The summed E-state index contributed by atoms with van der Waals surface area (Å²) in [5, 5.41) is 34.8. The highest BCUT2D eigenvalue weighted by molar-refractivity contribution is 5.94. The van der Waals surface area contributed by atoms with Crippen molar-refractivity contribution in [3.05, 3.63) is 29.8 Å². The molecule has 0 heterocycles. The second-order valence-electron chi connectivity index (χ2n) is 8.12. The minimum atomic E-state index is -1.47. The smallest absolute Gasteiger partial charge is 0.326 e. The number of primary amides is 1. The number of rotatable bonds is 15. The summed E-state index contributed by atoms with van der Waals surface area (Å²) in [6.07, 6.45) is -1.58. The maximum atomic E-state index is 12.9. The fraction of sp³-hybridized carbons (Fsp3) is 0.455. The predicted octanol–water partition coefficient (Wildman–Crippen LogP) is -2.05. The van der Waals surface area contributed by atoms with Crippen LogP contribution in [0.2, 0.25) is 0 Å². The van der Waals surface area contributed by atoms with E-state index in [2.05, 4.69) is 16.0 Å². The van der Waals surface area contributed by atoms with Crippen molar-refractivity contribution in [2.24, 2.45) is 11.5 Å². The van der Waals surface area contributed by atoms with Crippen molar-refractivity contribution in [3.63, 3.8) is 0 Å². The molecule has 0 aliphatic heterocycles. The molecular formula is C22H31N5O9. The number of carboxylic acid groups (broad SMARTS) is 2. The monoisotopic (exact) mass is 509 g/mol. The lowest BCUT2D eigenvalue weighted by Crippen LogP contribution is -2.57. The molecule has 0 aromatic heterocycles. The normalized spacial score (nSPS) is 13.9. The van der Waals surface area contributed by atoms with E-state index in [1.165, 1.54) is 31.2 Å². The summed E-state index contributed by atoms with van der Waals surface area (Å²) in [5.41, 5.74) is 11.1. The van der Waals surface area contributed by atoms with Crippen LogP contribution < -0.4 is 27.4 Å². The summed E-state index contributed by atoms with van der Waals surface area (Å²) in [5.74, 6) is -6.04. The molecule has 0 bridgehead atoms. The van der Waals surface area contributed by atoms with Crippen LogP contribution in [-0.2, 0) is 35.2 Å². The third-order valence-corrected chi connectivity index (χ3v) is 5.00. The Kier molecular flexibility index (Phi) is 11.8. The van der Waals surface area contributed by atoms with E-state index >= 15 is 0 Å². The van der Waals surface area contributed by atoms with Crippen molar-refractivity contribution in [3.8, 4) is 5.75 Å². The zero-order chi connectivity index (χ0) is 27.4. The average Bonchev–Trinajstić information content (AvgIpc) is 2.79. The molecule has 1 rings (SSSR count). The van der Waals surface area contributed by atoms with E-state index in [-0.39, 0.29) is 31.4 Å². The van der Waals surface area contributed by atoms with E-state index in [0.717, 1.165) is 0 Å². The van der Waals surface area contributed by atoms with Gasteiger partial charge in [0, 0.05) is 19.3 Å². The molecule has 1 aromatic carbocycles. The summed E-state index contributed by atoms with van der Waals surface area (Å²) in [4.78, 5) is 71.6. The first-order valence-corrected chi connectivity index (χ1v) is 11.0. The highest BCUT2D eigenvalue weighted by Crippen LogP contribution is 2.12. The number of carbonyl (C=O) groups is 6. The van der Waals surface area contributed by atoms with E-state index in [4.69, 9.17) is 16.6 Å². The summed E-state index contributed by atoms with van der Waals surface area (Å²) in [7, 11) is 0. The molecule has 1 aromatic rings. The van der Waals surface area contributed by atoms with Gasteiger partial charge in [0.2, 0.25) is 23.6 Å². The van der Waals surface area contributed by atoms with Crippen molar-refractivity contribution in [2.45, 2.75) is 63.2 Å². The van der Waals surface area contributed by atoms with E-state index in [0.29, 0.717) is 5.56 Å². The van der Waals surface area contributed by atoms with Crippen LogP contribution in [0.3, 0.4) is 0 Å². The van der Waals surface area contributed by atoms with Gasteiger partial charge in [0.25, 0.3) is 0 Å². The molecule has 14 heteroatoms.